The third kappa shape index (κ3) is 4.42. The minimum Gasteiger partial charge on any atom is -0.411 e. The number of oxime groups is 1. The highest BCUT2D eigenvalue weighted by Gasteiger charge is 2.73. The van der Waals surface area contributed by atoms with Gasteiger partial charge in [-0.3, -0.25) is 4.79 Å². The Balaban J connectivity index is 2.00. The van der Waals surface area contributed by atoms with E-state index in [4.69, 9.17) is 5.21 Å². The predicted molar refractivity (Wildman–Crippen MR) is 111 cm³/mol. The first-order valence-electron chi connectivity index (χ1n) is 10.6. The summed E-state index contributed by atoms with van der Waals surface area (Å²) in [5.41, 5.74) is -4.47. The molecule has 0 saturated carbocycles. The summed E-state index contributed by atoms with van der Waals surface area (Å²) in [6, 6.07) is 5.90. The number of halogens is 7. The summed E-state index contributed by atoms with van der Waals surface area (Å²) >= 11 is 0. The van der Waals surface area contributed by atoms with Gasteiger partial charge in [0.1, 0.15) is 0 Å². The zero-order valence-electron chi connectivity index (χ0n) is 18.4. The van der Waals surface area contributed by atoms with Crippen LogP contribution in [0.3, 0.4) is 0 Å². The maximum atomic E-state index is 14.6. The standard InChI is InChI=1S/C24H22F7NO2/c1-3-14-11-17(22(25,23(26,27)28)24(29,30)31)9-13(2)19(14)12-21(33)16-7-8-18-15(10-16)5-4-6-20(18)32-34/h7-11,34H,3-6,12H2,1-2H3. The van der Waals surface area contributed by atoms with Gasteiger partial charge in [-0.15, -0.1) is 0 Å². The molecule has 1 aliphatic rings. The van der Waals surface area contributed by atoms with Crippen molar-refractivity contribution in [1.29, 1.82) is 0 Å². The number of hydrogen-bond acceptors (Lipinski definition) is 3. The van der Waals surface area contributed by atoms with Gasteiger partial charge in [-0.25, -0.2) is 4.39 Å². The fourth-order valence-electron chi connectivity index (χ4n) is 4.35. The molecule has 1 N–H and O–H groups in total. The maximum absolute atomic E-state index is 14.6. The van der Waals surface area contributed by atoms with Crippen LogP contribution in [0, 0.1) is 6.92 Å². The SMILES string of the molecule is CCc1cc(C(F)(C(F)(F)F)C(F)(F)F)cc(C)c1CC(=O)c1ccc2c(c1)CCCC2=NO. The van der Waals surface area contributed by atoms with Crippen LogP contribution in [0.15, 0.2) is 35.5 Å². The van der Waals surface area contributed by atoms with Gasteiger partial charge < -0.3 is 5.21 Å². The summed E-state index contributed by atoms with van der Waals surface area (Å²) in [7, 11) is 0. The highest BCUT2D eigenvalue weighted by molar-refractivity contribution is 6.04. The Morgan fingerprint density at radius 1 is 1.00 bits per heavy atom. The summed E-state index contributed by atoms with van der Waals surface area (Å²) in [6.45, 7) is 2.76. The molecule has 10 heteroatoms. The number of hydrogen-bond donors (Lipinski definition) is 1. The van der Waals surface area contributed by atoms with Gasteiger partial charge in [0.05, 0.1) is 5.71 Å². The smallest absolute Gasteiger partial charge is 0.411 e. The molecule has 0 unspecified atom stereocenters. The Kier molecular flexibility index (Phi) is 6.83. The molecule has 0 radical (unpaired) electrons. The first-order valence-corrected chi connectivity index (χ1v) is 10.6. The summed E-state index contributed by atoms with van der Waals surface area (Å²) in [4.78, 5) is 13.0. The average Bonchev–Trinajstić information content (AvgIpc) is 2.77. The monoisotopic (exact) mass is 489 g/mol. The van der Waals surface area contributed by atoms with Gasteiger partial charge in [-0.05, 0) is 60.9 Å². The molecule has 2 aromatic carbocycles. The first kappa shape index (κ1) is 25.7. The van der Waals surface area contributed by atoms with Crippen molar-refractivity contribution in [3.63, 3.8) is 0 Å². The normalized spacial score (nSPS) is 16.0. The molecule has 3 nitrogen and oxygen atoms in total. The second kappa shape index (κ2) is 9.03. The molecule has 0 spiro atoms. The Hall–Kier alpha value is -2.91. The first-order chi connectivity index (χ1) is 15.7. The summed E-state index contributed by atoms with van der Waals surface area (Å²) < 4.78 is 93.8. The lowest BCUT2D eigenvalue weighted by atomic mass is 9.85. The van der Waals surface area contributed by atoms with E-state index in [-0.39, 0.29) is 35.3 Å². The van der Waals surface area contributed by atoms with Crippen molar-refractivity contribution in [2.75, 3.05) is 0 Å². The van der Waals surface area contributed by atoms with E-state index in [9.17, 15) is 35.5 Å². The van der Waals surface area contributed by atoms with Crippen molar-refractivity contribution in [2.24, 2.45) is 5.16 Å². The number of benzene rings is 2. The van der Waals surface area contributed by atoms with Crippen LogP contribution in [0.2, 0.25) is 0 Å². The number of nitrogens with zero attached hydrogens (tertiary/aromatic N) is 1. The Morgan fingerprint density at radius 3 is 2.21 bits per heavy atom. The molecule has 3 rings (SSSR count). The van der Waals surface area contributed by atoms with E-state index in [2.05, 4.69) is 5.16 Å². The lowest BCUT2D eigenvalue weighted by Crippen LogP contribution is -2.50. The van der Waals surface area contributed by atoms with Crippen LogP contribution in [0.5, 0.6) is 0 Å². The Morgan fingerprint density at radius 2 is 1.65 bits per heavy atom. The number of alkyl halides is 7. The molecule has 0 amide bonds. The van der Waals surface area contributed by atoms with E-state index in [1.807, 2.05) is 0 Å². The molecule has 0 fully saturated rings. The number of carbonyl (C=O) groups excluding carboxylic acids is 1. The number of rotatable bonds is 5. The number of carbonyl (C=O) groups is 1. The van der Waals surface area contributed by atoms with Crippen LogP contribution in [0.4, 0.5) is 30.7 Å². The number of fused-ring (bicyclic) bond motifs is 1. The molecule has 0 bridgehead atoms. The Labute approximate surface area is 191 Å². The van der Waals surface area contributed by atoms with Crippen LogP contribution < -0.4 is 0 Å². The third-order valence-electron chi connectivity index (χ3n) is 6.18. The summed E-state index contributed by atoms with van der Waals surface area (Å²) in [5, 5.41) is 12.4. The van der Waals surface area contributed by atoms with Crippen LogP contribution >= 0.6 is 0 Å². The highest BCUT2D eigenvalue weighted by Crippen LogP contribution is 2.53. The summed E-state index contributed by atoms with van der Waals surface area (Å²) in [5.74, 6) is -0.389. The van der Waals surface area contributed by atoms with Crippen molar-refractivity contribution >= 4 is 11.5 Å². The zero-order chi connectivity index (χ0) is 25.5. The van der Waals surface area contributed by atoms with Crippen molar-refractivity contribution in [3.8, 4) is 0 Å². The molecular weight excluding hydrogens is 467 g/mol. The van der Waals surface area contributed by atoms with Gasteiger partial charge in [-0.2, -0.15) is 26.3 Å². The molecule has 34 heavy (non-hydrogen) atoms. The lowest BCUT2D eigenvalue weighted by Gasteiger charge is -2.31. The molecule has 2 aromatic rings. The van der Waals surface area contributed by atoms with Crippen molar-refractivity contribution in [2.45, 2.75) is 64.0 Å². The van der Waals surface area contributed by atoms with Gasteiger partial charge in [-0.1, -0.05) is 36.3 Å². The molecule has 0 saturated heterocycles. The Bertz CT molecular complexity index is 1120. The van der Waals surface area contributed by atoms with E-state index in [1.54, 1.807) is 12.1 Å². The highest BCUT2D eigenvalue weighted by atomic mass is 19.4. The minimum absolute atomic E-state index is 0.00357. The molecule has 0 heterocycles. The molecule has 1 aliphatic carbocycles. The van der Waals surface area contributed by atoms with Crippen LogP contribution in [0.1, 0.15) is 63.5 Å². The quantitative estimate of drug-likeness (QED) is 0.218. The second-order valence-corrected chi connectivity index (χ2v) is 8.31. The third-order valence-corrected chi connectivity index (χ3v) is 6.18. The van der Waals surface area contributed by atoms with E-state index in [0.717, 1.165) is 17.5 Å². The zero-order valence-corrected chi connectivity index (χ0v) is 18.4. The van der Waals surface area contributed by atoms with Gasteiger partial charge in [0.25, 0.3) is 0 Å². The van der Waals surface area contributed by atoms with Crippen LogP contribution in [-0.4, -0.2) is 29.1 Å². The van der Waals surface area contributed by atoms with E-state index in [0.29, 0.717) is 36.2 Å². The second-order valence-electron chi connectivity index (χ2n) is 8.31. The predicted octanol–water partition coefficient (Wildman–Crippen LogP) is 6.79. The topological polar surface area (TPSA) is 49.7 Å². The van der Waals surface area contributed by atoms with E-state index >= 15 is 0 Å². The van der Waals surface area contributed by atoms with Gasteiger partial charge in [0, 0.05) is 23.1 Å². The largest absolute Gasteiger partial charge is 0.435 e. The lowest BCUT2D eigenvalue weighted by molar-refractivity contribution is -0.348. The fraction of sp³-hybridized carbons (Fsp3) is 0.417. The summed E-state index contributed by atoms with van der Waals surface area (Å²) in [6.07, 6.45) is -10.7. The molecule has 0 aliphatic heterocycles. The number of ketones is 1. The number of Topliss-reactive ketones (excluding diaryl/α,β-unsaturated/α-hetero) is 1. The van der Waals surface area contributed by atoms with Gasteiger partial charge in [0.2, 0.25) is 0 Å². The molecule has 0 atom stereocenters. The van der Waals surface area contributed by atoms with Crippen LogP contribution in [0.25, 0.3) is 0 Å². The van der Waals surface area contributed by atoms with E-state index < -0.39 is 23.6 Å². The van der Waals surface area contributed by atoms with Crippen LogP contribution in [-0.2, 0) is 24.9 Å². The number of aryl methyl sites for hydroxylation is 3. The van der Waals surface area contributed by atoms with Gasteiger partial charge >= 0.3 is 18.0 Å². The molecule has 0 aromatic heterocycles. The minimum atomic E-state index is -6.21. The van der Waals surface area contributed by atoms with Gasteiger partial charge in [0.15, 0.2) is 5.78 Å². The molecule has 184 valence electrons. The van der Waals surface area contributed by atoms with E-state index in [1.165, 1.54) is 19.9 Å². The van der Waals surface area contributed by atoms with Crippen molar-refractivity contribution in [1.82, 2.24) is 0 Å². The maximum Gasteiger partial charge on any atom is 0.435 e. The molecular formula is C24H22F7NO2. The van der Waals surface area contributed by atoms with Crippen molar-refractivity contribution in [3.05, 3.63) is 69.3 Å². The average molecular weight is 489 g/mol. The van der Waals surface area contributed by atoms with Crippen molar-refractivity contribution < 1.29 is 40.7 Å². The fourth-order valence-corrected chi connectivity index (χ4v) is 4.35.